The number of piperidine rings is 1. The van der Waals surface area contributed by atoms with Gasteiger partial charge < -0.3 is 35.0 Å². The van der Waals surface area contributed by atoms with Crippen molar-refractivity contribution in [2.24, 2.45) is 11.8 Å². The Kier molecular flexibility index (Phi) is 9.99. The van der Waals surface area contributed by atoms with E-state index in [1.54, 1.807) is 0 Å². The van der Waals surface area contributed by atoms with Gasteiger partial charge in [0.15, 0.2) is 5.69 Å². The van der Waals surface area contributed by atoms with E-state index in [4.69, 9.17) is 0 Å². The smallest absolute Gasteiger partial charge is 0.246 e. The molecule has 6 rings (SSSR count). The molecule has 2 aliphatic heterocycles. The summed E-state index contributed by atoms with van der Waals surface area (Å²) in [5.74, 6) is -0.444. The minimum absolute atomic E-state index is 0. The number of hydrogen-bond donors (Lipinski definition) is 1. The number of quaternary nitrogens is 1. The topological polar surface area (TPSA) is 51.1 Å². The summed E-state index contributed by atoms with van der Waals surface area (Å²) >= 11 is 3.59. The molecule has 4 nitrogen and oxygen atoms in total. The number of pyridine rings is 1. The second-order valence-corrected chi connectivity index (χ2v) is 12.7. The SMILES string of the molecule is O=C([C@@H]1C[NH2+]C[C@]12CCCc1[nH+]c(Br)ccc12)N1CC[C@@H](c2c(F)cccc2F)C[C@H]1C1CCCCC1.[Cl-].[Cl-]. The highest BCUT2D eigenvalue weighted by molar-refractivity contribution is 9.10. The van der Waals surface area contributed by atoms with Gasteiger partial charge in [0.05, 0.1) is 18.5 Å². The molecule has 3 N–H and O–H groups in total. The van der Waals surface area contributed by atoms with Gasteiger partial charge in [-0.2, -0.15) is 0 Å². The van der Waals surface area contributed by atoms with Gasteiger partial charge in [-0.3, -0.25) is 4.79 Å². The van der Waals surface area contributed by atoms with Gasteiger partial charge in [0, 0.05) is 52.1 Å². The molecule has 3 fully saturated rings. The number of aromatic nitrogens is 1. The number of nitrogens with zero attached hydrogens (tertiary/aromatic N) is 1. The van der Waals surface area contributed by atoms with Crippen LogP contribution in [0.5, 0.6) is 0 Å². The molecule has 3 heterocycles. The Labute approximate surface area is 251 Å². The minimum atomic E-state index is -0.447. The number of halogens is 5. The van der Waals surface area contributed by atoms with Crippen LogP contribution in [-0.2, 0) is 16.6 Å². The Hall–Kier alpha value is -1.28. The monoisotopic (exact) mass is 643 g/mol. The van der Waals surface area contributed by atoms with E-state index in [1.165, 1.54) is 48.7 Å². The quantitative estimate of drug-likeness (QED) is 0.414. The first-order chi connectivity index (χ1) is 18.0. The van der Waals surface area contributed by atoms with Crippen LogP contribution in [0.1, 0.15) is 80.5 Å². The van der Waals surface area contributed by atoms with Crippen LogP contribution in [-0.4, -0.2) is 36.5 Å². The van der Waals surface area contributed by atoms with E-state index in [0.29, 0.717) is 25.3 Å². The summed E-state index contributed by atoms with van der Waals surface area (Å²) in [5, 5.41) is 2.33. The summed E-state index contributed by atoms with van der Waals surface area (Å²) in [6, 6.07) is 8.55. The fraction of sp³-hybridized carbons (Fsp3) is 0.600. The number of benzene rings is 1. The molecule has 0 radical (unpaired) electrons. The summed E-state index contributed by atoms with van der Waals surface area (Å²) in [5.41, 5.74) is 2.65. The van der Waals surface area contributed by atoms with Crippen molar-refractivity contribution in [1.82, 2.24) is 4.90 Å². The van der Waals surface area contributed by atoms with Crippen molar-refractivity contribution in [1.29, 1.82) is 0 Å². The van der Waals surface area contributed by atoms with Crippen molar-refractivity contribution in [2.75, 3.05) is 19.6 Å². The van der Waals surface area contributed by atoms with Crippen LogP contribution in [0.2, 0.25) is 0 Å². The molecule has 2 saturated heterocycles. The Bertz CT molecular complexity index is 1160. The van der Waals surface area contributed by atoms with Crippen molar-refractivity contribution in [3.8, 4) is 0 Å². The highest BCUT2D eigenvalue weighted by atomic mass is 79.9. The van der Waals surface area contributed by atoms with Crippen LogP contribution in [0.15, 0.2) is 34.9 Å². The maximum atomic E-state index is 14.8. The Morgan fingerprint density at radius 2 is 1.77 bits per heavy atom. The number of H-pyrrole nitrogens is 1. The van der Waals surface area contributed by atoms with E-state index in [9.17, 15) is 13.6 Å². The average molecular weight is 645 g/mol. The zero-order valence-electron chi connectivity index (χ0n) is 22.2. The highest BCUT2D eigenvalue weighted by Crippen LogP contribution is 2.46. The molecule has 2 aliphatic carbocycles. The number of carbonyl (C=O) groups is 1. The van der Waals surface area contributed by atoms with Gasteiger partial charge in [0.2, 0.25) is 10.5 Å². The maximum Gasteiger partial charge on any atom is 0.246 e. The Balaban J connectivity index is 0.00000176. The predicted octanol–water partition coefficient (Wildman–Crippen LogP) is -1.33. The molecule has 4 atom stereocenters. The van der Waals surface area contributed by atoms with Crippen molar-refractivity contribution < 1.29 is 48.7 Å². The number of rotatable bonds is 3. The summed E-state index contributed by atoms with van der Waals surface area (Å²) < 4.78 is 30.5. The van der Waals surface area contributed by atoms with Crippen LogP contribution in [0.3, 0.4) is 0 Å². The summed E-state index contributed by atoms with van der Waals surface area (Å²) in [6.45, 7) is 2.34. The highest BCUT2D eigenvalue weighted by Gasteiger charge is 2.56. The molecule has 1 amide bonds. The second kappa shape index (κ2) is 12.7. The lowest BCUT2D eigenvalue weighted by molar-refractivity contribution is -0.640. The molecule has 39 heavy (non-hydrogen) atoms. The van der Waals surface area contributed by atoms with Gasteiger partial charge >= 0.3 is 0 Å². The summed E-state index contributed by atoms with van der Waals surface area (Å²) in [4.78, 5) is 20.2. The van der Waals surface area contributed by atoms with Crippen molar-refractivity contribution in [3.05, 3.63) is 63.4 Å². The number of nitrogens with two attached hydrogens (primary N) is 1. The van der Waals surface area contributed by atoms with E-state index in [1.807, 2.05) is 0 Å². The molecule has 214 valence electrons. The van der Waals surface area contributed by atoms with Crippen LogP contribution in [0.25, 0.3) is 0 Å². The molecule has 1 aromatic heterocycles. The minimum Gasteiger partial charge on any atom is -1.00 e. The van der Waals surface area contributed by atoms with E-state index >= 15 is 0 Å². The van der Waals surface area contributed by atoms with E-state index in [0.717, 1.165) is 49.8 Å². The fourth-order valence-electron chi connectivity index (χ4n) is 8.28. The van der Waals surface area contributed by atoms with Gasteiger partial charge in [-0.15, -0.1) is 0 Å². The Morgan fingerprint density at radius 3 is 2.51 bits per heavy atom. The van der Waals surface area contributed by atoms with Gasteiger partial charge in [0.25, 0.3) is 0 Å². The van der Waals surface area contributed by atoms with Crippen LogP contribution in [0.4, 0.5) is 8.78 Å². The molecule has 4 aliphatic rings. The summed E-state index contributed by atoms with van der Waals surface area (Å²) in [7, 11) is 0. The molecule has 1 spiro atoms. The molecular weight excluding hydrogens is 607 g/mol. The molecule has 9 heteroatoms. The summed E-state index contributed by atoms with van der Waals surface area (Å²) in [6.07, 6.45) is 10.2. The predicted molar refractivity (Wildman–Crippen MR) is 141 cm³/mol. The molecule has 0 bridgehead atoms. The molecular formula is C30H38BrCl2F2N3O. The lowest BCUT2D eigenvalue weighted by atomic mass is 9.64. The number of likely N-dealkylation sites (tertiary alicyclic amines) is 1. The number of nitrogens with one attached hydrogen (secondary N) is 1. The molecule has 1 saturated carbocycles. The van der Waals surface area contributed by atoms with Crippen LogP contribution < -0.4 is 35.1 Å². The normalized spacial score (nSPS) is 28.9. The zero-order chi connectivity index (χ0) is 25.6. The third kappa shape index (κ3) is 5.62. The van der Waals surface area contributed by atoms with Gasteiger partial charge in [0.1, 0.15) is 17.6 Å². The van der Waals surface area contributed by atoms with Crippen molar-refractivity contribution >= 4 is 21.8 Å². The largest absolute Gasteiger partial charge is 1.00 e. The average Bonchev–Trinajstić information content (AvgIpc) is 3.32. The van der Waals surface area contributed by atoms with E-state index in [-0.39, 0.29) is 59.6 Å². The number of hydrogen-bond acceptors (Lipinski definition) is 1. The van der Waals surface area contributed by atoms with Crippen molar-refractivity contribution in [2.45, 2.75) is 81.6 Å². The molecule has 1 aromatic carbocycles. The van der Waals surface area contributed by atoms with Crippen molar-refractivity contribution in [3.63, 3.8) is 0 Å². The third-order valence-electron chi connectivity index (χ3n) is 9.98. The lowest BCUT2D eigenvalue weighted by Gasteiger charge is -2.47. The van der Waals surface area contributed by atoms with Gasteiger partial charge in [-0.1, -0.05) is 25.3 Å². The first kappa shape index (κ1) is 30.7. The van der Waals surface area contributed by atoms with Gasteiger partial charge in [-0.05, 0) is 68.6 Å². The molecule has 0 unspecified atom stereocenters. The number of aromatic amines is 1. The first-order valence-corrected chi connectivity index (χ1v) is 15.0. The molecule has 2 aromatic rings. The first-order valence-electron chi connectivity index (χ1n) is 14.2. The number of aryl methyl sites for hydroxylation is 1. The van der Waals surface area contributed by atoms with E-state index in [2.05, 4.69) is 43.3 Å². The lowest BCUT2D eigenvalue weighted by Crippen LogP contribution is -3.00. The Morgan fingerprint density at radius 1 is 1.03 bits per heavy atom. The van der Waals surface area contributed by atoms with Gasteiger partial charge in [-0.25, -0.2) is 13.8 Å². The zero-order valence-corrected chi connectivity index (χ0v) is 25.3. The van der Waals surface area contributed by atoms with Crippen LogP contribution in [0, 0.1) is 23.5 Å². The standard InChI is InChI=1S/C30H36BrF2N3O.2ClH/c31-27-12-11-21-25(35-27)10-5-14-30(21)18-34-17-22(30)29(37)36-15-13-20(28-23(32)8-4-9-24(28)33)16-26(36)19-6-2-1-3-7-19;;/h4,8-9,11-12,19-20,22,26,34H,1-3,5-7,10,13-18H2;2*1H/t20-,22+,26+,30+;;/m1../s1. The van der Waals surface area contributed by atoms with E-state index < -0.39 is 11.6 Å². The second-order valence-electron chi connectivity index (χ2n) is 11.8. The number of amides is 1. The maximum absolute atomic E-state index is 14.8. The fourth-order valence-corrected chi connectivity index (χ4v) is 8.65. The number of carbonyl (C=O) groups excluding carboxylic acids is 1. The third-order valence-corrected chi connectivity index (χ3v) is 10.4. The number of fused-ring (bicyclic) bond motifs is 2. The van der Waals surface area contributed by atoms with Crippen LogP contribution >= 0.6 is 15.9 Å².